The average molecular weight is 422 g/mol. The van der Waals surface area contributed by atoms with Crippen LogP contribution in [0.2, 0.25) is 5.02 Å². The van der Waals surface area contributed by atoms with Crippen LogP contribution in [0.15, 0.2) is 77.7 Å². The van der Waals surface area contributed by atoms with Crippen molar-refractivity contribution in [1.82, 2.24) is 10.6 Å². The van der Waals surface area contributed by atoms with E-state index in [-0.39, 0.29) is 5.82 Å². The van der Waals surface area contributed by atoms with Crippen molar-refractivity contribution >= 4 is 23.1 Å². The average Bonchev–Trinajstić information content (AvgIpc) is 2.74. The second kappa shape index (κ2) is 9.17. The molecule has 30 heavy (non-hydrogen) atoms. The zero-order valence-electron chi connectivity index (χ0n) is 17.4. The smallest absolute Gasteiger partial charge is 0.140 e. The Morgan fingerprint density at radius 1 is 1.27 bits per heavy atom. The first-order valence-corrected chi connectivity index (χ1v) is 10.1. The first kappa shape index (κ1) is 21.6. The predicted octanol–water partition coefficient (Wildman–Crippen LogP) is 6.11. The molecule has 2 aromatic rings. The zero-order valence-corrected chi connectivity index (χ0v) is 18.2. The molecular weight excluding hydrogens is 397 g/mol. The maximum absolute atomic E-state index is 14.1. The third-order valence-corrected chi connectivity index (χ3v) is 5.26. The van der Waals surface area contributed by atoms with Crippen LogP contribution in [-0.4, -0.2) is 5.84 Å². The first-order valence-electron chi connectivity index (χ1n) is 9.74. The first-order chi connectivity index (χ1) is 14.3. The number of nitrogens with one attached hydrogen (secondary N) is 2. The Morgan fingerprint density at radius 2 is 2.03 bits per heavy atom. The van der Waals surface area contributed by atoms with Crippen molar-refractivity contribution in [2.75, 3.05) is 0 Å². The summed E-state index contributed by atoms with van der Waals surface area (Å²) in [5.74, 6) is 0.641. The summed E-state index contributed by atoms with van der Waals surface area (Å²) in [5.41, 5.74) is 8.13. The summed E-state index contributed by atoms with van der Waals surface area (Å²) in [6.07, 6.45) is 1.78. The summed E-state index contributed by atoms with van der Waals surface area (Å²) in [5, 5.41) is 7.09. The Morgan fingerprint density at radius 3 is 2.70 bits per heavy atom. The van der Waals surface area contributed by atoms with E-state index in [2.05, 4.69) is 43.4 Å². The van der Waals surface area contributed by atoms with E-state index in [1.54, 1.807) is 19.1 Å². The van der Waals surface area contributed by atoms with Crippen LogP contribution in [0.5, 0.6) is 0 Å². The summed E-state index contributed by atoms with van der Waals surface area (Å²) in [6, 6.07) is 10.9. The fourth-order valence-corrected chi connectivity index (χ4v) is 3.09. The van der Waals surface area contributed by atoms with Crippen LogP contribution in [0.1, 0.15) is 36.1 Å². The Kier molecular flexibility index (Phi) is 6.61. The molecule has 0 spiro atoms. The van der Waals surface area contributed by atoms with Gasteiger partial charge in [-0.25, -0.2) is 9.38 Å². The molecule has 1 aliphatic rings. The van der Waals surface area contributed by atoms with Crippen LogP contribution >= 0.6 is 11.6 Å². The summed E-state index contributed by atoms with van der Waals surface area (Å²) in [4.78, 5) is 4.71. The molecule has 0 aromatic heterocycles. The maximum atomic E-state index is 14.1. The summed E-state index contributed by atoms with van der Waals surface area (Å²) >= 11 is 6.49. The van der Waals surface area contributed by atoms with Crippen LogP contribution in [0.4, 0.5) is 4.39 Å². The van der Waals surface area contributed by atoms with Gasteiger partial charge in [-0.2, -0.15) is 0 Å². The highest BCUT2D eigenvalue weighted by Crippen LogP contribution is 2.26. The van der Waals surface area contributed by atoms with Gasteiger partial charge in [0.15, 0.2) is 0 Å². The molecule has 3 rings (SSSR count). The van der Waals surface area contributed by atoms with Gasteiger partial charge in [0.25, 0.3) is 0 Å². The standard InChI is InChI=1S/C25H25ClFN3/c1-6-20-13-24(19-9-7-16(4)23(27)12-19)30-25(29-20)21-11-18(8-10-22(21)26)14-28-17(5)15(2)3/h7-13,15,28H,1,5,14H2,2-4H3,(H,29,30). The summed E-state index contributed by atoms with van der Waals surface area (Å²) < 4.78 is 14.1. The van der Waals surface area contributed by atoms with E-state index in [1.165, 1.54) is 6.07 Å². The molecule has 0 atom stereocenters. The molecule has 5 heteroatoms. The topological polar surface area (TPSA) is 36.4 Å². The van der Waals surface area contributed by atoms with Crippen LogP contribution in [-0.2, 0) is 6.54 Å². The van der Waals surface area contributed by atoms with Crippen LogP contribution < -0.4 is 10.6 Å². The lowest BCUT2D eigenvalue weighted by molar-refractivity contribution is 0.618. The van der Waals surface area contributed by atoms with Gasteiger partial charge in [-0.3, -0.25) is 0 Å². The summed E-state index contributed by atoms with van der Waals surface area (Å²) in [6.45, 7) is 14.3. The minimum Gasteiger partial charge on any atom is -0.385 e. The highest BCUT2D eigenvalue weighted by molar-refractivity contribution is 6.34. The molecule has 0 saturated carbocycles. The molecule has 0 aliphatic carbocycles. The number of benzene rings is 2. The maximum Gasteiger partial charge on any atom is 0.140 e. The van der Waals surface area contributed by atoms with Crippen molar-refractivity contribution < 1.29 is 4.39 Å². The van der Waals surface area contributed by atoms with Gasteiger partial charge >= 0.3 is 0 Å². The molecular formula is C25H25ClFN3. The van der Waals surface area contributed by atoms with Crippen molar-refractivity contribution in [2.45, 2.75) is 27.3 Å². The van der Waals surface area contributed by atoms with Gasteiger partial charge in [0.1, 0.15) is 11.7 Å². The number of amidine groups is 1. The van der Waals surface area contributed by atoms with Crippen molar-refractivity contribution in [1.29, 1.82) is 0 Å². The molecule has 0 saturated heterocycles. The lowest BCUT2D eigenvalue weighted by Crippen LogP contribution is -2.26. The number of halogens is 2. The summed E-state index contributed by atoms with van der Waals surface area (Å²) in [7, 11) is 0. The van der Waals surface area contributed by atoms with E-state index >= 15 is 0 Å². The van der Waals surface area contributed by atoms with E-state index in [1.807, 2.05) is 24.3 Å². The quantitative estimate of drug-likeness (QED) is 0.552. The number of rotatable bonds is 6. The number of allylic oxidation sites excluding steroid dienone is 2. The van der Waals surface area contributed by atoms with Crippen molar-refractivity contribution in [3.63, 3.8) is 0 Å². The van der Waals surface area contributed by atoms with Gasteiger partial charge in [0, 0.05) is 23.4 Å². The molecule has 0 unspecified atom stereocenters. The second-order valence-corrected chi connectivity index (χ2v) is 7.92. The van der Waals surface area contributed by atoms with E-state index in [0.29, 0.717) is 45.8 Å². The predicted molar refractivity (Wildman–Crippen MR) is 124 cm³/mol. The Hall–Kier alpha value is -3.07. The number of hydrogen-bond acceptors (Lipinski definition) is 3. The molecule has 2 aromatic carbocycles. The van der Waals surface area contributed by atoms with Gasteiger partial charge in [0.05, 0.1) is 16.4 Å². The minimum atomic E-state index is -0.274. The number of hydrogen-bond donors (Lipinski definition) is 2. The molecule has 0 radical (unpaired) electrons. The monoisotopic (exact) mass is 421 g/mol. The van der Waals surface area contributed by atoms with Gasteiger partial charge in [-0.1, -0.05) is 56.8 Å². The van der Waals surface area contributed by atoms with Crippen LogP contribution in [0, 0.1) is 18.7 Å². The normalized spacial score (nSPS) is 13.3. The van der Waals surface area contributed by atoms with Crippen molar-refractivity contribution in [3.8, 4) is 0 Å². The molecule has 0 bridgehead atoms. The van der Waals surface area contributed by atoms with Gasteiger partial charge in [0.2, 0.25) is 0 Å². The SMILES string of the molecule is C=C=C1C=C(c2ccc(C)c(F)c2)N=C(c2cc(CNC(=C)C(C)C)ccc2Cl)N1. The highest BCUT2D eigenvalue weighted by atomic mass is 35.5. The van der Waals surface area contributed by atoms with Gasteiger partial charge in [-0.05, 0) is 48.2 Å². The molecule has 0 amide bonds. The number of aliphatic imine (C=N–C) groups is 1. The fourth-order valence-electron chi connectivity index (χ4n) is 2.89. The lowest BCUT2D eigenvalue weighted by Gasteiger charge is -2.19. The fraction of sp³-hybridized carbons (Fsp3) is 0.200. The Bertz CT molecular complexity index is 1110. The Labute approximate surface area is 182 Å². The molecule has 1 heterocycles. The van der Waals surface area contributed by atoms with E-state index in [9.17, 15) is 4.39 Å². The van der Waals surface area contributed by atoms with Gasteiger partial charge < -0.3 is 10.6 Å². The van der Waals surface area contributed by atoms with E-state index < -0.39 is 0 Å². The molecule has 0 fully saturated rings. The number of nitrogens with zero attached hydrogens (tertiary/aromatic N) is 1. The Balaban J connectivity index is 1.97. The molecule has 1 aliphatic heterocycles. The molecule has 2 N–H and O–H groups in total. The van der Waals surface area contributed by atoms with Crippen molar-refractivity contribution in [2.24, 2.45) is 10.9 Å². The number of aryl methyl sites for hydroxylation is 1. The highest BCUT2D eigenvalue weighted by Gasteiger charge is 2.17. The third-order valence-electron chi connectivity index (χ3n) is 4.93. The van der Waals surface area contributed by atoms with Crippen molar-refractivity contribution in [3.05, 3.63) is 106 Å². The molecule has 3 nitrogen and oxygen atoms in total. The van der Waals surface area contributed by atoms with Gasteiger partial charge in [-0.15, -0.1) is 5.73 Å². The lowest BCUT2D eigenvalue weighted by atomic mass is 10.0. The molecule has 154 valence electrons. The minimum absolute atomic E-state index is 0.274. The third kappa shape index (κ3) is 4.91. The van der Waals surface area contributed by atoms with E-state index in [0.717, 1.165) is 16.8 Å². The van der Waals surface area contributed by atoms with Crippen LogP contribution in [0.3, 0.4) is 0 Å². The largest absolute Gasteiger partial charge is 0.385 e. The zero-order chi connectivity index (χ0) is 21.8. The second-order valence-electron chi connectivity index (χ2n) is 7.52. The van der Waals surface area contributed by atoms with E-state index in [4.69, 9.17) is 16.6 Å². The van der Waals surface area contributed by atoms with Crippen LogP contribution in [0.25, 0.3) is 5.70 Å².